The van der Waals surface area contributed by atoms with Crippen molar-refractivity contribution in [2.45, 2.75) is 26.4 Å². The van der Waals surface area contributed by atoms with E-state index in [1.54, 1.807) is 6.33 Å². The number of hydrogen-bond acceptors (Lipinski definition) is 7. The molecule has 2 aliphatic heterocycles. The number of para-hydroxylation sites is 1. The number of nitrogens with zero attached hydrogens (tertiary/aromatic N) is 3. The number of aromatic amines is 1. The van der Waals surface area contributed by atoms with Crippen molar-refractivity contribution < 1.29 is 14.3 Å². The lowest BCUT2D eigenvalue weighted by atomic mass is 10.0. The molecular formula is C27H23N5O3S. The van der Waals surface area contributed by atoms with Gasteiger partial charge in [0, 0.05) is 29.7 Å². The first kappa shape index (κ1) is 21.2. The van der Waals surface area contributed by atoms with Gasteiger partial charge in [-0.05, 0) is 48.2 Å². The molecule has 5 aromatic rings. The SMILES string of the molecule is Cc1c(C(=O)N2CCc3c([nH]c4ccccc34)C2)sc2ncnc(NCc3ccc4c(c3)OCO4)c12. The van der Waals surface area contributed by atoms with Crippen molar-refractivity contribution in [2.24, 2.45) is 0 Å². The van der Waals surface area contributed by atoms with Gasteiger partial charge in [-0.3, -0.25) is 4.79 Å². The van der Waals surface area contributed by atoms with E-state index in [1.807, 2.05) is 36.1 Å². The molecule has 9 heteroatoms. The van der Waals surface area contributed by atoms with E-state index in [0.29, 0.717) is 19.6 Å². The second-order valence-electron chi connectivity index (χ2n) is 9.10. The van der Waals surface area contributed by atoms with Gasteiger partial charge in [0.2, 0.25) is 6.79 Å². The summed E-state index contributed by atoms with van der Waals surface area (Å²) in [6, 6.07) is 14.2. The Morgan fingerprint density at radius 1 is 1.17 bits per heavy atom. The molecule has 3 aromatic heterocycles. The average molecular weight is 498 g/mol. The highest BCUT2D eigenvalue weighted by Gasteiger charge is 2.28. The smallest absolute Gasteiger partial charge is 0.264 e. The van der Waals surface area contributed by atoms with Crippen molar-refractivity contribution in [3.63, 3.8) is 0 Å². The predicted octanol–water partition coefficient (Wildman–Crippen LogP) is 5.02. The summed E-state index contributed by atoms with van der Waals surface area (Å²) < 4.78 is 10.9. The number of anilines is 1. The molecule has 2 N–H and O–H groups in total. The summed E-state index contributed by atoms with van der Waals surface area (Å²) in [5.41, 5.74) is 5.54. The standard InChI is InChI=1S/C27H23N5O3S/c1-15-23-25(28-11-16-6-7-21-22(10-16)35-14-34-21)29-13-30-26(23)36-24(15)27(33)32-9-8-18-17-4-2-3-5-19(17)31-20(18)12-32/h2-7,10,13,31H,8-9,11-12,14H2,1H3,(H,28,29,30). The topological polar surface area (TPSA) is 92.4 Å². The molecule has 36 heavy (non-hydrogen) atoms. The Hall–Kier alpha value is -4.11. The van der Waals surface area contributed by atoms with Crippen molar-refractivity contribution >= 4 is 44.2 Å². The molecule has 8 nitrogen and oxygen atoms in total. The van der Waals surface area contributed by atoms with E-state index in [9.17, 15) is 4.79 Å². The van der Waals surface area contributed by atoms with Crippen LogP contribution in [0.15, 0.2) is 48.8 Å². The Balaban J connectivity index is 1.15. The highest BCUT2D eigenvalue weighted by atomic mass is 32.1. The quantitative estimate of drug-likeness (QED) is 0.362. The minimum atomic E-state index is 0.0431. The zero-order chi connectivity index (χ0) is 24.2. The molecule has 180 valence electrons. The number of ether oxygens (including phenoxy) is 2. The van der Waals surface area contributed by atoms with Crippen LogP contribution in [-0.4, -0.2) is 39.1 Å². The minimum absolute atomic E-state index is 0.0431. The first-order chi connectivity index (χ1) is 17.7. The Bertz CT molecular complexity index is 1660. The second kappa shape index (κ2) is 8.23. The summed E-state index contributed by atoms with van der Waals surface area (Å²) in [6.45, 7) is 4.08. The van der Waals surface area contributed by atoms with Gasteiger partial charge < -0.3 is 24.7 Å². The summed E-state index contributed by atoms with van der Waals surface area (Å²) in [6.07, 6.45) is 2.39. The number of fused-ring (bicyclic) bond motifs is 5. The number of H-pyrrole nitrogens is 1. The van der Waals surface area contributed by atoms with Crippen LogP contribution in [-0.2, 0) is 19.5 Å². The molecule has 0 unspecified atom stereocenters. The fourth-order valence-corrected chi connectivity index (χ4v) is 6.27. The Morgan fingerprint density at radius 3 is 3.00 bits per heavy atom. The van der Waals surface area contributed by atoms with Crippen LogP contribution in [0.2, 0.25) is 0 Å². The maximum atomic E-state index is 13.6. The Kier molecular flexibility index (Phi) is 4.85. The van der Waals surface area contributed by atoms with Crippen molar-refractivity contribution in [1.82, 2.24) is 19.9 Å². The molecule has 0 spiro atoms. The van der Waals surface area contributed by atoms with Gasteiger partial charge in [-0.25, -0.2) is 9.97 Å². The highest BCUT2D eigenvalue weighted by molar-refractivity contribution is 7.20. The van der Waals surface area contributed by atoms with Crippen LogP contribution in [0.4, 0.5) is 5.82 Å². The number of amides is 1. The molecule has 0 atom stereocenters. The van der Waals surface area contributed by atoms with Gasteiger partial charge in [0.15, 0.2) is 11.5 Å². The number of benzene rings is 2. The molecule has 0 radical (unpaired) electrons. The molecule has 0 fully saturated rings. The molecule has 0 saturated heterocycles. The van der Waals surface area contributed by atoms with E-state index in [1.165, 1.54) is 22.3 Å². The minimum Gasteiger partial charge on any atom is -0.454 e. The highest BCUT2D eigenvalue weighted by Crippen LogP contribution is 2.36. The number of nitrogens with one attached hydrogen (secondary N) is 2. The monoisotopic (exact) mass is 497 g/mol. The van der Waals surface area contributed by atoms with Gasteiger partial charge in [0.25, 0.3) is 5.91 Å². The lowest BCUT2D eigenvalue weighted by Gasteiger charge is -2.27. The Labute approximate surface area is 210 Å². The number of carbonyl (C=O) groups is 1. The van der Waals surface area contributed by atoms with Crippen LogP contribution < -0.4 is 14.8 Å². The summed E-state index contributed by atoms with van der Waals surface area (Å²) in [5, 5.41) is 5.58. The second-order valence-corrected chi connectivity index (χ2v) is 10.1. The predicted molar refractivity (Wildman–Crippen MR) is 139 cm³/mol. The number of thiophene rings is 1. The Morgan fingerprint density at radius 2 is 2.06 bits per heavy atom. The summed E-state index contributed by atoms with van der Waals surface area (Å²) in [5.74, 6) is 2.28. The lowest BCUT2D eigenvalue weighted by Crippen LogP contribution is -2.35. The van der Waals surface area contributed by atoms with E-state index in [-0.39, 0.29) is 12.7 Å². The molecule has 7 rings (SSSR count). The van der Waals surface area contributed by atoms with E-state index < -0.39 is 0 Å². The van der Waals surface area contributed by atoms with Crippen LogP contribution >= 0.6 is 11.3 Å². The molecule has 0 saturated carbocycles. The van der Waals surface area contributed by atoms with E-state index >= 15 is 0 Å². The fraction of sp³-hybridized carbons (Fsp3) is 0.222. The number of aromatic nitrogens is 3. The largest absolute Gasteiger partial charge is 0.454 e. The van der Waals surface area contributed by atoms with Crippen LogP contribution in [0.1, 0.15) is 32.1 Å². The molecule has 2 aliphatic rings. The maximum Gasteiger partial charge on any atom is 0.264 e. The summed E-state index contributed by atoms with van der Waals surface area (Å²) in [4.78, 5) is 29.6. The molecule has 1 amide bonds. The normalized spacial score (nSPS) is 14.4. The van der Waals surface area contributed by atoms with E-state index in [2.05, 4.69) is 38.5 Å². The maximum absolute atomic E-state index is 13.6. The van der Waals surface area contributed by atoms with Crippen LogP contribution in [0.25, 0.3) is 21.1 Å². The van der Waals surface area contributed by atoms with Crippen molar-refractivity contribution in [3.8, 4) is 11.5 Å². The van der Waals surface area contributed by atoms with Gasteiger partial charge >= 0.3 is 0 Å². The van der Waals surface area contributed by atoms with Crippen molar-refractivity contribution in [3.05, 3.63) is 76.1 Å². The third-order valence-electron chi connectivity index (χ3n) is 6.99. The molecule has 0 aliphatic carbocycles. The van der Waals surface area contributed by atoms with Crippen molar-refractivity contribution in [1.29, 1.82) is 0 Å². The van der Waals surface area contributed by atoms with Gasteiger partial charge in [0.1, 0.15) is 17.0 Å². The van der Waals surface area contributed by atoms with Gasteiger partial charge in [-0.1, -0.05) is 24.3 Å². The third kappa shape index (κ3) is 3.38. The van der Waals surface area contributed by atoms with E-state index in [4.69, 9.17) is 9.47 Å². The lowest BCUT2D eigenvalue weighted by molar-refractivity contribution is 0.0737. The zero-order valence-electron chi connectivity index (χ0n) is 19.6. The summed E-state index contributed by atoms with van der Waals surface area (Å²) >= 11 is 1.44. The zero-order valence-corrected chi connectivity index (χ0v) is 20.4. The van der Waals surface area contributed by atoms with Crippen molar-refractivity contribution in [2.75, 3.05) is 18.7 Å². The fourth-order valence-electron chi connectivity index (χ4n) is 5.16. The van der Waals surface area contributed by atoms with Crippen LogP contribution in [0, 0.1) is 6.92 Å². The van der Waals surface area contributed by atoms with Gasteiger partial charge in [0.05, 0.1) is 16.8 Å². The van der Waals surface area contributed by atoms with Crippen LogP contribution in [0.5, 0.6) is 11.5 Å². The molecular weight excluding hydrogens is 474 g/mol. The first-order valence-corrected chi connectivity index (χ1v) is 12.7. The van der Waals surface area contributed by atoms with E-state index in [0.717, 1.165) is 61.2 Å². The molecule has 5 heterocycles. The first-order valence-electron chi connectivity index (χ1n) is 11.9. The van der Waals surface area contributed by atoms with Gasteiger partial charge in [-0.15, -0.1) is 11.3 Å². The average Bonchev–Trinajstić information content (AvgIpc) is 3.61. The van der Waals surface area contributed by atoms with Crippen LogP contribution in [0.3, 0.4) is 0 Å². The molecule has 0 bridgehead atoms. The summed E-state index contributed by atoms with van der Waals surface area (Å²) in [7, 11) is 0. The molecule has 2 aromatic carbocycles. The number of aryl methyl sites for hydroxylation is 1. The number of hydrogen-bond donors (Lipinski definition) is 2. The third-order valence-corrected chi connectivity index (χ3v) is 8.18. The van der Waals surface area contributed by atoms with Gasteiger partial charge in [-0.2, -0.15) is 0 Å². The number of carbonyl (C=O) groups excluding carboxylic acids is 1. The number of rotatable bonds is 4.